The van der Waals surface area contributed by atoms with Gasteiger partial charge in [-0.05, 0) is 23.1 Å². The summed E-state index contributed by atoms with van der Waals surface area (Å²) in [6, 6.07) is 3.80. The Morgan fingerprint density at radius 2 is 2.23 bits per heavy atom. The van der Waals surface area contributed by atoms with E-state index in [9.17, 15) is 5.11 Å². The van der Waals surface area contributed by atoms with Gasteiger partial charge in [0.15, 0.2) is 0 Å². The molecule has 0 bridgehead atoms. The molecule has 0 radical (unpaired) electrons. The summed E-state index contributed by atoms with van der Waals surface area (Å²) >= 11 is 9.20. The van der Waals surface area contributed by atoms with Crippen molar-refractivity contribution in [2.24, 2.45) is 0 Å². The van der Waals surface area contributed by atoms with Gasteiger partial charge in [-0.2, -0.15) is 0 Å². The van der Waals surface area contributed by atoms with Crippen molar-refractivity contribution >= 4 is 50.0 Å². The molecule has 0 fully saturated rings. The number of phenolic OH excluding ortho intramolecular Hbond substituents is 1. The second-order valence-electron chi connectivity index (χ2n) is 2.70. The molecule has 0 unspecified atom stereocenters. The van der Waals surface area contributed by atoms with Gasteiger partial charge in [0.2, 0.25) is 0 Å². The second kappa shape index (κ2) is 3.52. The molecule has 1 heterocycles. The lowest BCUT2D eigenvalue weighted by atomic mass is 10.2. The third kappa shape index (κ3) is 1.47. The summed E-state index contributed by atoms with van der Waals surface area (Å²) in [5, 5.41) is 13.5. The Morgan fingerprint density at radius 3 is 2.92 bits per heavy atom. The zero-order valence-electron chi connectivity index (χ0n) is 6.62. The monoisotopic (exact) mass is 274 g/mol. The van der Waals surface area contributed by atoms with Gasteiger partial charge >= 0.3 is 0 Å². The number of fused-ring (bicyclic) bond motifs is 1. The molecule has 2 aromatic rings. The Hall–Kier alpha value is -0.190. The minimum absolute atomic E-state index is 0.288. The van der Waals surface area contributed by atoms with E-state index in [4.69, 9.17) is 0 Å². The van der Waals surface area contributed by atoms with Crippen molar-refractivity contribution in [3.63, 3.8) is 0 Å². The maximum Gasteiger partial charge on any atom is 0.137 e. The van der Waals surface area contributed by atoms with Crippen molar-refractivity contribution in [3.05, 3.63) is 23.1 Å². The molecule has 0 aliphatic carbocycles. The molecule has 68 valence electrons. The van der Waals surface area contributed by atoms with Crippen molar-refractivity contribution < 1.29 is 5.11 Å². The van der Waals surface area contributed by atoms with Crippen molar-refractivity contribution in [3.8, 4) is 5.75 Å². The SMILES string of the molecule is Oc1c(S)ccc2scc(CBr)c12. The Kier molecular flexibility index (Phi) is 2.53. The van der Waals surface area contributed by atoms with Crippen LogP contribution in [-0.4, -0.2) is 5.11 Å². The van der Waals surface area contributed by atoms with Gasteiger partial charge in [0, 0.05) is 20.3 Å². The van der Waals surface area contributed by atoms with Crippen LogP contribution in [0.25, 0.3) is 10.1 Å². The number of phenols is 1. The lowest BCUT2D eigenvalue weighted by Gasteiger charge is -2.00. The number of thiophene rings is 1. The van der Waals surface area contributed by atoms with Gasteiger partial charge < -0.3 is 5.11 Å². The van der Waals surface area contributed by atoms with Crippen LogP contribution in [0.2, 0.25) is 0 Å². The maximum atomic E-state index is 9.77. The quantitative estimate of drug-likeness (QED) is 0.599. The molecular formula is C9H7BrOS2. The first-order valence-corrected chi connectivity index (χ1v) is 6.16. The smallest absolute Gasteiger partial charge is 0.137 e. The Bertz CT molecular complexity index is 450. The standard InChI is InChI=1S/C9H7BrOS2/c10-3-5-4-13-7-2-1-6(12)9(11)8(5)7/h1-2,4,11-12H,3H2. The molecule has 1 nitrogen and oxygen atoms in total. The predicted octanol–water partition coefficient (Wildman–Crippen LogP) is 3.79. The molecule has 0 amide bonds. The largest absolute Gasteiger partial charge is 0.506 e. The van der Waals surface area contributed by atoms with E-state index in [2.05, 4.69) is 28.6 Å². The lowest BCUT2D eigenvalue weighted by molar-refractivity contribution is 0.469. The number of thiol groups is 1. The number of rotatable bonds is 1. The van der Waals surface area contributed by atoms with Gasteiger partial charge in [0.1, 0.15) is 5.75 Å². The highest BCUT2D eigenvalue weighted by Crippen LogP contribution is 2.37. The first kappa shape index (κ1) is 9.37. The Balaban J connectivity index is 2.85. The predicted molar refractivity (Wildman–Crippen MR) is 63.4 cm³/mol. The van der Waals surface area contributed by atoms with Crippen LogP contribution in [-0.2, 0) is 5.33 Å². The highest BCUT2D eigenvalue weighted by atomic mass is 79.9. The zero-order valence-corrected chi connectivity index (χ0v) is 9.92. The molecule has 0 aliphatic rings. The van der Waals surface area contributed by atoms with Crippen LogP contribution in [0.4, 0.5) is 0 Å². The average Bonchev–Trinajstić information content (AvgIpc) is 2.55. The van der Waals surface area contributed by atoms with Gasteiger partial charge in [-0.25, -0.2) is 0 Å². The molecule has 0 saturated carbocycles. The summed E-state index contributed by atoms with van der Waals surface area (Å²) in [6.45, 7) is 0. The van der Waals surface area contributed by atoms with Crippen LogP contribution in [0.15, 0.2) is 22.4 Å². The summed E-state index contributed by atoms with van der Waals surface area (Å²) in [6.07, 6.45) is 0. The van der Waals surface area contributed by atoms with Crippen LogP contribution in [0, 0.1) is 0 Å². The number of benzene rings is 1. The highest BCUT2D eigenvalue weighted by Gasteiger charge is 2.09. The highest BCUT2D eigenvalue weighted by molar-refractivity contribution is 9.08. The van der Waals surface area contributed by atoms with Crippen molar-refractivity contribution in [1.82, 2.24) is 0 Å². The number of aromatic hydroxyl groups is 1. The van der Waals surface area contributed by atoms with Gasteiger partial charge in [-0.15, -0.1) is 24.0 Å². The number of alkyl halides is 1. The van der Waals surface area contributed by atoms with Crippen molar-refractivity contribution in [2.45, 2.75) is 10.2 Å². The molecule has 1 N–H and O–H groups in total. The Labute approximate surface area is 93.9 Å². The fourth-order valence-electron chi connectivity index (χ4n) is 1.26. The molecular weight excluding hydrogens is 268 g/mol. The van der Waals surface area contributed by atoms with Crippen molar-refractivity contribution in [1.29, 1.82) is 0 Å². The summed E-state index contributed by atoms with van der Waals surface area (Å²) in [5.74, 6) is 0.288. The van der Waals surface area contributed by atoms with Crippen LogP contribution < -0.4 is 0 Å². The summed E-state index contributed by atoms with van der Waals surface area (Å²) in [5.41, 5.74) is 1.12. The van der Waals surface area contributed by atoms with E-state index >= 15 is 0 Å². The lowest BCUT2D eigenvalue weighted by Crippen LogP contribution is -1.76. The van der Waals surface area contributed by atoms with Crippen molar-refractivity contribution in [2.75, 3.05) is 0 Å². The first-order chi connectivity index (χ1) is 6.24. The van der Waals surface area contributed by atoms with Crippen LogP contribution >= 0.6 is 39.9 Å². The van der Waals surface area contributed by atoms with E-state index in [-0.39, 0.29) is 5.75 Å². The molecule has 2 rings (SSSR count). The van der Waals surface area contributed by atoms with Gasteiger partial charge in [-0.1, -0.05) is 15.9 Å². The third-order valence-corrected chi connectivity index (χ3v) is 3.87. The summed E-state index contributed by atoms with van der Waals surface area (Å²) in [7, 11) is 0. The Morgan fingerprint density at radius 1 is 1.46 bits per heavy atom. The van der Waals surface area contributed by atoms with E-state index in [1.807, 2.05) is 17.5 Å². The van der Waals surface area contributed by atoms with Gasteiger partial charge in [0.25, 0.3) is 0 Å². The third-order valence-electron chi connectivity index (χ3n) is 1.91. The van der Waals surface area contributed by atoms with E-state index in [1.54, 1.807) is 11.3 Å². The van der Waals surface area contributed by atoms with E-state index in [0.717, 1.165) is 21.0 Å². The summed E-state index contributed by atoms with van der Waals surface area (Å²) in [4.78, 5) is 0.633. The minimum Gasteiger partial charge on any atom is -0.506 e. The maximum absolute atomic E-state index is 9.77. The minimum atomic E-state index is 0.288. The van der Waals surface area contributed by atoms with Crippen LogP contribution in [0.5, 0.6) is 5.75 Å². The van der Waals surface area contributed by atoms with E-state index < -0.39 is 0 Å². The normalized spacial score (nSPS) is 10.9. The number of hydrogen-bond donors (Lipinski definition) is 2. The topological polar surface area (TPSA) is 20.2 Å². The van der Waals surface area contributed by atoms with Gasteiger partial charge in [-0.3, -0.25) is 0 Å². The average molecular weight is 275 g/mol. The molecule has 1 aromatic carbocycles. The molecule has 13 heavy (non-hydrogen) atoms. The summed E-state index contributed by atoms with van der Waals surface area (Å²) < 4.78 is 1.10. The van der Waals surface area contributed by atoms with Gasteiger partial charge in [0.05, 0.1) is 0 Å². The molecule has 4 heteroatoms. The van der Waals surface area contributed by atoms with Crippen LogP contribution in [0.3, 0.4) is 0 Å². The van der Waals surface area contributed by atoms with Crippen LogP contribution in [0.1, 0.15) is 5.56 Å². The number of halogens is 1. The molecule has 0 aliphatic heterocycles. The first-order valence-electron chi connectivity index (χ1n) is 3.71. The van der Waals surface area contributed by atoms with E-state index in [0.29, 0.717) is 4.90 Å². The van der Waals surface area contributed by atoms with E-state index in [1.165, 1.54) is 0 Å². The fraction of sp³-hybridized carbons (Fsp3) is 0.111. The number of hydrogen-bond acceptors (Lipinski definition) is 3. The molecule has 0 atom stereocenters. The second-order valence-corrected chi connectivity index (χ2v) is 4.65. The zero-order chi connectivity index (χ0) is 9.42. The fourth-order valence-corrected chi connectivity index (χ4v) is 3.07. The molecule has 0 saturated heterocycles. The molecule has 0 spiro atoms. The molecule has 1 aromatic heterocycles.